The molecule has 1 saturated carbocycles. The fraction of sp³-hybridized carbons (Fsp3) is 0.923. The summed E-state index contributed by atoms with van der Waals surface area (Å²) in [7, 11) is 0. The summed E-state index contributed by atoms with van der Waals surface area (Å²) in [5, 5.41) is 9.31. The average molecular weight is 256 g/mol. The minimum Gasteiger partial charge on any atom is -0.392 e. The minimum atomic E-state index is -0.297. The summed E-state index contributed by atoms with van der Waals surface area (Å²) in [5.74, 6) is 0.813. The Bertz CT molecular complexity index is 271. The Labute approximate surface area is 109 Å². The van der Waals surface area contributed by atoms with Gasteiger partial charge in [-0.2, -0.15) is 0 Å². The van der Waals surface area contributed by atoms with E-state index in [1.54, 1.807) is 6.92 Å². The summed E-state index contributed by atoms with van der Waals surface area (Å²) in [6.45, 7) is 6.65. The van der Waals surface area contributed by atoms with Gasteiger partial charge in [0.25, 0.3) is 0 Å². The van der Waals surface area contributed by atoms with Gasteiger partial charge in [0.1, 0.15) is 6.61 Å². The molecule has 2 aliphatic rings. The molecule has 1 saturated heterocycles. The maximum atomic E-state index is 11.9. The number of hydrogen-bond donors (Lipinski definition) is 1. The van der Waals surface area contributed by atoms with Gasteiger partial charge >= 0.3 is 0 Å². The van der Waals surface area contributed by atoms with Gasteiger partial charge in [-0.05, 0) is 25.7 Å². The van der Waals surface area contributed by atoms with E-state index in [2.05, 4.69) is 4.90 Å². The van der Waals surface area contributed by atoms with E-state index in [9.17, 15) is 9.90 Å². The standard InChI is InChI=1S/C13H24N2O3/c1-11(16)8-14-4-6-15(7-5-14)13(17)10-18-9-12-2-3-12/h11-12,16H,2-10H2,1H3/t11-/m0/s1. The quantitative estimate of drug-likeness (QED) is 0.723. The second kappa shape index (κ2) is 6.50. The Morgan fingerprint density at radius 2 is 2.00 bits per heavy atom. The predicted octanol–water partition coefficient (Wildman–Crippen LogP) is -0.0620. The summed E-state index contributed by atoms with van der Waals surface area (Å²) in [5.41, 5.74) is 0. The number of hydrogen-bond acceptors (Lipinski definition) is 4. The van der Waals surface area contributed by atoms with E-state index in [0.29, 0.717) is 12.5 Å². The molecule has 1 heterocycles. The summed E-state index contributed by atoms with van der Waals surface area (Å²) < 4.78 is 5.42. The molecule has 5 nitrogen and oxygen atoms in total. The van der Waals surface area contributed by atoms with Crippen molar-refractivity contribution in [2.24, 2.45) is 5.92 Å². The molecule has 104 valence electrons. The first kappa shape index (κ1) is 13.8. The summed E-state index contributed by atoms with van der Waals surface area (Å²) in [6, 6.07) is 0. The second-order valence-electron chi connectivity index (χ2n) is 5.49. The van der Waals surface area contributed by atoms with Crippen LogP contribution in [-0.2, 0) is 9.53 Å². The highest BCUT2D eigenvalue weighted by molar-refractivity contribution is 5.77. The molecule has 1 N–H and O–H groups in total. The molecule has 0 aromatic heterocycles. The molecule has 0 bridgehead atoms. The highest BCUT2D eigenvalue weighted by Gasteiger charge is 2.24. The van der Waals surface area contributed by atoms with Crippen LogP contribution in [0.5, 0.6) is 0 Å². The third kappa shape index (κ3) is 4.55. The lowest BCUT2D eigenvalue weighted by Gasteiger charge is -2.35. The molecule has 1 atom stereocenters. The largest absolute Gasteiger partial charge is 0.392 e. The number of ether oxygens (including phenoxy) is 1. The zero-order valence-electron chi connectivity index (χ0n) is 11.2. The van der Waals surface area contributed by atoms with Crippen LogP contribution in [0.1, 0.15) is 19.8 Å². The highest BCUT2D eigenvalue weighted by Crippen LogP contribution is 2.28. The van der Waals surface area contributed by atoms with Crippen LogP contribution >= 0.6 is 0 Å². The van der Waals surface area contributed by atoms with Crippen molar-refractivity contribution >= 4 is 5.91 Å². The maximum absolute atomic E-state index is 11.9. The number of amides is 1. The molecule has 2 rings (SSSR count). The van der Waals surface area contributed by atoms with E-state index < -0.39 is 0 Å². The molecule has 5 heteroatoms. The SMILES string of the molecule is C[C@H](O)CN1CCN(C(=O)COCC2CC2)CC1. The van der Waals surface area contributed by atoms with E-state index in [-0.39, 0.29) is 18.6 Å². The van der Waals surface area contributed by atoms with Gasteiger partial charge in [0.15, 0.2) is 0 Å². The van der Waals surface area contributed by atoms with Gasteiger partial charge in [0.2, 0.25) is 5.91 Å². The van der Waals surface area contributed by atoms with Crippen molar-refractivity contribution in [2.75, 3.05) is 45.9 Å². The zero-order valence-corrected chi connectivity index (χ0v) is 11.2. The first-order valence-corrected chi connectivity index (χ1v) is 6.91. The molecule has 2 fully saturated rings. The molecular weight excluding hydrogens is 232 g/mol. The monoisotopic (exact) mass is 256 g/mol. The molecule has 1 aliphatic heterocycles. The number of rotatable bonds is 6. The van der Waals surface area contributed by atoms with Gasteiger partial charge in [0, 0.05) is 32.7 Å². The van der Waals surface area contributed by atoms with Gasteiger partial charge in [-0.1, -0.05) is 0 Å². The van der Waals surface area contributed by atoms with Crippen LogP contribution in [0.2, 0.25) is 0 Å². The van der Waals surface area contributed by atoms with Gasteiger partial charge in [0.05, 0.1) is 12.7 Å². The smallest absolute Gasteiger partial charge is 0.248 e. The van der Waals surface area contributed by atoms with Crippen molar-refractivity contribution in [1.82, 2.24) is 9.80 Å². The van der Waals surface area contributed by atoms with Crippen LogP contribution in [0.25, 0.3) is 0 Å². The molecule has 1 amide bonds. The van der Waals surface area contributed by atoms with Crippen molar-refractivity contribution in [3.05, 3.63) is 0 Å². The number of aliphatic hydroxyl groups is 1. The Kier molecular flexibility index (Phi) is 4.97. The maximum Gasteiger partial charge on any atom is 0.248 e. The van der Waals surface area contributed by atoms with Crippen molar-refractivity contribution < 1.29 is 14.6 Å². The second-order valence-corrected chi connectivity index (χ2v) is 5.49. The summed E-state index contributed by atoms with van der Waals surface area (Å²) in [4.78, 5) is 15.9. The fourth-order valence-corrected chi connectivity index (χ4v) is 2.24. The molecule has 0 aromatic rings. The summed E-state index contributed by atoms with van der Waals surface area (Å²) in [6.07, 6.45) is 2.22. The lowest BCUT2D eigenvalue weighted by molar-refractivity contribution is -0.138. The van der Waals surface area contributed by atoms with Crippen molar-refractivity contribution in [3.8, 4) is 0 Å². The van der Waals surface area contributed by atoms with E-state index in [4.69, 9.17) is 4.74 Å². The third-order valence-corrected chi connectivity index (χ3v) is 3.52. The van der Waals surface area contributed by atoms with Crippen molar-refractivity contribution in [2.45, 2.75) is 25.9 Å². The first-order chi connectivity index (χ1) is 8.65. The van der Waals surface area contributed by atoms with Crippen LogP contribution in [0, 0.1) is 5.92 Å². The van der Waals surface area contributed by atoms with Crippen LogP contribution in [0.3, 0.4) is 0 Å². The predicted molar refractivity (Wildman–Crippen MR) is 68.2 cm³/mol. The van der Waals surface area contributed by atoms with Crippen molar-refractivity contribution in [1.29, 1.82) is 0 Å². The van der Waals surface area contributed by atoms with E-state index >= 15 is 0 Å². The van der Waals surface area contributed by atoms with Crippen molar-refractivity contribution in [3.63, 3.8) is 0 Å². The van der Waals surface area contributed by atoms with Gasteiger partial charge in [-0.3, -0.25) is 9.69 Å². The molecule has 0 radical (unpaired) electrons. The number of β-amino-alcohol motifs (C(OH)–C–C–N with tert-alkyl or cyclic N) is 1. The number of carbonyl (C=O) groups is 1. The van der Waals surface area contributed by atoms with Gasteiger partial charge in [-0.15, -0.1) is 0 Å². The average Bonchev–Trinajstić information content (AvgIpc) is 3.13. The third-order valence-electron chi connectivity index (χ3n) is 3.52. The van der Waals surface area contributed by atoms with Crippen LogP contribution in [-0.4, -0.2) is 72.9 Å². The first-order valence-electron chi connectivity index (χ1n) is 6.91. The topological polar surface area (TPSA) is 53.0 Å². The molecule has 0 spiro atoms. The number of carbonyl (C=O) groups excluding carboxylic acids is 1. The number of piperazine rings is 1. The van der Waals surface area contributed by atoms with E-state index in [1.807, 2.05) is 4.90 Å². The van der Waals surface area contributed by atoms with E-state index in [0.717, 1.165) is 32.8 Å². The minimum absolute atomic E-state index is 0.104. The molecule has 1 aliphatic carbocycles. The van der Waals surface area contributed by atoms with Crippen LogP contribution in [0.4, 0.5) is 0 Å². The highest BCUT2D eigenvalue weighted by atomic mass is 16.5. The normalized spacial score (nSPS) is 23.1. The van der Waals surface area contributed by atoms with Gasteiger partial charge < -0.3 is 14.7 Å². The lowest BCUT2D eigenvalue weighted by atomic mass is 10.2. The Morgan fingerprint density at radius 1 is 1.33 bits per heavy atom. The summed E-state index contributed by atoms with van der Waals surface area (Å²) >= 11 is 0. The zero-order chi connectivity index (χ0) is 13.0. The van der Waals surface area contributed by atoms with Gasteiger partial charge in [-0.25, -0.2) is 0 Å². The Balaban J connectivity index is 1.60. The molecule has 18 heavy (non-hydrogen) atoms. The molecule has 0 unspecified atom stereocenters. The molecular formula is C13H24N2O3. The fourth-order valence-electron chi connectivity index (χ4n) is 2.24. The van der Waals surface area contributed by atoms with Crippen LogP contribution < -0.4 is 0 Å². The Morgan fingerprint density at radius 3 is 2.56 bits per heavy atom. The molecule has 0 aromatic carbocycles. The van der Waals surface area contributed by atoms with Crippen LogP contribution in [0.15, 0.2) is 0 Å². The van der Waals surface area contributed by atoms with E-state index in [1.165, 1.54) is 12.8 Å². The number of nitrogens with zero attached hydrogens (tertiary/aromatic N) is 2. The lowest BCUT2D eigenvalue weighted by Crippen LogP contribution is -2.51. The number of aliphatic hydroxyl groups excluding tert-OH is 1. The Hall–Kier alpha value is -0.650.